The molecule has 0 spiro atoms. The normalized spacial score (nSPS) is 10.9. The molecule has 1 heterocycles. The molecule has 0 radical (unpaired) electrons. The fourth-order valence-electron chi connectivity index (χ4n) is 7.27. The average molecular weight is 732 g/mol. The van der Waals surface area contributed by atoms with Crippen molar-refractivity contribution < 1.29 is 4.79 Å². The summed E-state index contributed by atoms with van der Waals surface area (Å²) in [7, 11) is 0. The summed E-state index contributed by atoms with van der Waals surface area (Å²) in [5.41, 5.74) is 13.0. The van der Waals surface area contributed by atoms with Crippen molar-refractivity contribution in [3.05, 3.63) is 223 Å². The third kappa shape index (κ3) is 7.71. The lowest BCUT2D eigenvalue weighted by Gasteiger charge is -2.16. The molecule has 4 nitrogen and oxygen atoms in total. The second-order valence-electron chi connectivity index (χ2n) is 13.9. The van der Waals surface area contributed by atoms with E-state index in [0.29, 0.717) is 23.0 Å². The van der Waals surface area contributed by atoms with Crippen LogP contribution in [0.1, 0.15) is 15.9 Å². The van der Waals surface area contributed by atoms with Gasteiger partial charge in [0.15, 0.2) is 23.3 Å². The Morgan fingerprint density at radius 1 is 0.316 bits per heavy atom. The average Bonchev–Trinajstić information content (AvgIpc) is 3.30. The summed E-state index contributed by atoms with van der Waals surface area (Å²) in [6.07, 6.45) is 0.254. The van der Waals surface area contributed by atoms with Gasteiger partial charge >= 0.3 is 0 Å². The van der Waals surface area contributed by atoms with Crippen LogP contribution in [0.15, 0.2) is 212 Å². The zero-order valence-electron chi connectivity index (χ0n) is 31.2. The van der Waals surface area contributed by atoms with Gasteiger partial charge in [0.1, 0.15) is 0 Å². The van der Waals surface area contributed by atoms with Gasteiger partial charge in [0.25, 0.3) is 0 Å². The Hall–Kier alpha value is -7.56. The summed E-state index contributed by atoms with van der Waals surface area (Å²) < 4.78 is 0. The highest BCUT2D eigenvalue weighted by Crippen LogP contribution is 2.37. The summed E-state index contributed by atoms with van der Waals surface area (Å²) in [5, 5.41) is 0. The lowest BCUT2D eigenvalue weighted by molar-refractivity contribution is 0.0993. The molecular formula is C53H37N3O. The van der Waals surface area contributed by atoms with Gasteiger partial charge in [-0.05, 0) is 50.1 Å². The minimum absolute atomic E-state index is 0.0684. The van der Waals surface area contributed by atoms with E-state index in [4.69, 9.17) is 15.0 Å². The van der Waals surface area contributed by atoms with E-state index in [0.717, 1.165) is 66.8 Å². The van der Waals surface area contributed by atoms with Crippen LogP contribution in [-0.2, 0) is 6.42 Å². The van der Waals surface area contributed by atoms with Crippen LogP contribution in [0.5, 0.6) is 0 Å². The van der Waals surface area contributed by atoms with Gasteiger partial charge in [-0.3, -0.25) is 4.79 Å². The molecule has 0 aliphatic rings. The van der Waals surface area contributed by atoms with Crippen molar-refractivity contribution >= 4 is 5.78 Å². The first kappa shape index (κ1) is 35.2. The van der Waals surface area contributed by atoms with Gasteiger partial charge in [-0.2, -0.15) is 0 Å². The first-order valence-electron chi connectivity index (χ1n) is 19.1. The fraction of sp³-hybridized carbons (Fsp3) is 0.0189. The predicted octanol–water partition coefficient (Wildman–Crippen LogP) is 13.0. The number of nitrogens with zero attached hydrogens (tertiary/aromatic N) is 3. The highest BCUT2D eigenvalue weighted by atomic mass is 16.1. The number of Topliss-reactive ketones (excluding diaryl/α,β-unsaturated/α-hetero) is 1. The van der Waals surface area contributed by atoms with Crippen molar-refractivity contribution in [2.24, 2.45) is 0 Å². The summed E-state index contributed by atoms with van der Waals surface area (Å²) in [4.78, 5) is 28.8. The summed E-state index contributed by atoms with van der Waals surface area (Å²) in [6.45, 7) is 0. The van der Waals surface area contributed by atoms with Crippen molar-refractivity contribution in [2.75, 3.05) is 0 Å². The maximum absolute atomic E-state index is 14.1. The Balaban J connectivity index is 1.08. The van der Waals surface area contributed by atoms with Crippen molar-refractivity contribution in [2.45, 2.75) is 6.42 Å². The summed E-state index contributed by atoms with van der Waals surface area (Å²) in [6, 6.07) is 71.8. The molecule has 57 heavy (non-hydrogen) atoms. The molecule has 0 atom stereocenters. The SMILES string of the molecule is O=C(Cc1cc(-c2ccc(-c3nc(-c4ccccc4)nc(-c4ccccc4)n3)cc2)ccc1-c1ccccc1-c1ccccc1)c1ccc(-c2ccccc2)cc1. The second kappa shape index (κ2) is 16.0. The van der Waals surface area contributed by atoms with Gasteiger partial charge in [-0.25, -0.2) is 15.0 Å². The molecule has 0 saturated heterocycles. The zero-order chi connectivity index (χ0) is 38.4. The van der Waals surface area contributed by atoms with Crippen molar-refractivity contribution in [3.8, 4) is 78.7 Å². The van der Waals surface area contributed by atoms with Crippen LogP contribution in [0.3, 0.4) is 0 Å². The molecule has 4 heteroatoms. The lowest BCUT2D eigenvalue weighted by Crippen LogP contribution is -2.05. The molecule has 0 unspecified atom stereocenters. The maximum Gasteiger partial charge on any atom is 0.167 e. The quantitative estimate of drug-likeness (QED) is 0.131. The Labute approximate surface area is 332 Å². The minimum atomic E-state index is 0.0684. The third-order valence-corrected chi connectivity index (χ3v) is 10.2. The van der Waals surface area contributed by atoms with Gasteiger partial charge < -0.3 is 0 Å². The van der Waals surface area contributed by atoms with Crippen LogP contribution in [0.4, 0.5) is 0 Å². The number of aromatic nitrogens is 3. The first-order chi connectivity index (χ1) is 28.2. The number of hydrogen-bond donors (Lipinski definition) is 0. The van der Waals surface area contributed by atoms with E-state index in [1.54, 1.807) is 0 Å². The van der Waals surface area contributed by atoms with Crippen molar-refractivity contribution in [3.63, 3.8) is 0 Å². The second-order valence-corrected chi connectivity index (χ2v) is 13.9. The monoisotopic (exact) mass is 731 g/mol. The van der Waals surface area contributed by atoms with E-state index in [1.165, 1.54) is 0 Å². The fourth-order valence-corrected chi connectivity index (χ4v) is 7.27. The molecule has 0 aliphatic heterocycles. The number of carbonyl (C=O) groups excluding carboxylic acids is 1. The molecular weight excluding hydrogens is 695 g/mol. The van der Waals surface area contributed by atoms with Crippen molar-refractivity contribution in [1.82, 2.24) is 15.0 Å². The maximum atomic E-state index is 14.1. The Morgan fingerprint density at radius 2 is 0.684 bits per heavy atom. The highest BCUT2D eigenvalue weighted by molar-refractivity contribution is 5.99. The Bertz CT molecular complexity index is 2730. The van der Waals surface area contributed by atoms with E-state index in [2.05, 4.69) is 103 Å². The molecule has 0 N–H and O–H groups in total. The molecule has 0 saturated carbocycles. The summed E-state index contributed by atoms with van der Waals surface area (Å²) in [5.74, 6) is 1.92. The third-order valence-electron chi connectivity index (χ3n) is 10.2. The lowest BCUT2D eigenvalue weighted by atomic mass is 9.87. The number of rotatable bonds is 10. The molecule has 9 rings (SSSR count). The zero-order valence-corrected chi connectivity index (χ0v) is 31.2. The number of carbonyl (C=O) groups is 1. The first-order valence-corrected chi connectivity index (χ1v) is 19.1. The van der Waals surface area contributed by atoms with E-state index < -0.39 is 0 Å². The van der Waals surface area contributed by atoms with Crippen LogP contribution in [0, 0.1) is 0 Å². The number of ketones is 1. The highest BCUT2D eigenvalue weighted by Gasteiger charge is 2.17. The van der Waals surface area contributed by atoms with E-state index in [-0.39, 0.29) is 12.2 Å². The van der Waals surface area contributed by atoms with Crippen LogP contribution in [0.25, 0.3) is 78.7 Å². The van der Waals surface area contributed by atoms with Crippen LogP contribution >= 0.6 is 0 Å². The van der Waals surface area contributed by atoms with Crippen molar-refractivity contribution in [1.29, 1.82) is 0 Å². The van der Waals surface area contributed by atoms with Crippen LogP contribution in [0.2, 0.25) is 0 Å². The molecule has 1 aromatic heterocycles. The van der Waals surface area contributed by atoms with Gasteiger partial charge in [0, 0.05) is 28.7 Å². The van der Waals surface area contributed by atoms with E-state index >= 15 is 0 Å². The van der Waals surface area contributed by atoms with Crippen LogP contribution < -0.4 is 0 Å². The van der Waals surface area contributed by atoms with Gasteiger partial charge in [-0.1, -0.05) is 212 Å². The molecule has 0 aliphatic carbocycles. The minimum Gasteiger partial charge on any atom is -0.294 e. The summed E-state index contributed by atoms with van der Waals surface area (Å²) >= 11 is 0. The number of hydrogen-bond acceptors (Lipinski definition) is 4. The molecule has 8 aromatic carbocycles. The van der Waals surface area contributed by atoms with E-state index in [9.17, 15) is 4.79 Å². The molecule has 0 fully saturated rings. The molecule has 270 valence electrons. The topological polar surface area (TPSA) is 55.7 Å². The van der Waals surface area contributed by atoms with Gasteiger partial charge in [0.05, 0.1) is 0 Å². The standard InChI is InChI=1S/C53H37N3O/c57-50(41-29-25-38(26-30-41)37-15-5-1-6-16-37)36-46-35-45(33-34-48(46)49-24-14-13-23-47(49)40-17-7-2-8-18-40)39-27-31-44(32-28-39)53-55-51(42-19-9-3-10-20-42)54-52(56-53)43-21-11-4-12-22-43/h1-35H,36H2. The number of benzene rings is 8. The predicted molar refractivity (Wildman–Crippen MR) is 232 cm³/mol. The molecule has 9 aromatic rings. The molecule has 0 bridgehead atoms. The van der Waals surface area contributed by atoms with Gasteiger partial charge in [-0.15, -0.1) is 0 Å². The molecule has 0 amide bonds. The van der Waals surface area contributed by atoms with E-state index in [1.807, 2.05) is 109 Å². The van der Waals surface area contributed by atoms with Gasteiger partial charge in [0.2, 0.25) is 0 Å². The largest absolute Gasteiger partial charge is 0.294 e. The Kier molecular flexibility index (Phi) is 9.89. The Morgan fingerprint density at radius 3 is 1.23 bits per heavy atom. The smallest absolute Gasteiger partial charge is 0.167 e. The van der Waals surface area contributed by atoms with Crippen LogP contribution in [-0.4, -0.2) is 20.7 Å².